The molecule has 4 rings (SSSR count). The molecule has 1 amide bonds. The zero-order valence-electron chi connectivity index (χ0n) is 15.3. The normalized spacial score (nSPS) is 15.2. The Morgan fingerprint density at radius 2 is 1.78 bits per heavy atom. The number of carbonyl (C=O) groups excluding carboxylic acids is 1. The van der Waals surface area contributed by atoms with E-state index in [9.17, 15) is 4.79 Å². The van der Waals surface area contributed by atoms with Crippen molar-refractivity contribution in [1.82, 2.24) is 15.0 Å². The third-order valence-electron chi connectivity index (χ3n) is 5.33. The van der Waals surface area contributed by atoms with Gasteiger partial charge in [0.2, 0.25) is 11.9 Å². The number of rotatable bonds is 4. The van der Waals surface area contributed by atoms with Crippen LogP contribution in [-0.4, -0.2) is 20.9 Å². The highest BCUT2D eigenvalue weighted by Crippen LogP contribution is 2.45. The number of carbonyl (C=O) groups is 1. The lowest BCUT2D eigenvalue weighted by atomic mass is 9.63. The molecule has 0 atom stereocenters. The number of anilines is 2. The van der Waals surface area contributed by atoms with Gasteiger partial charge in [-0.25, -0.2) is 15.0 Å². The number of nitrogens with zero attached hydrogens (tertiary/aromatic N) is 3. The van der Waals surface area contributed by atoms with Crippen molar-refractivity contribution < 1.29 is 4.79 Å². The van der Waals surface area contributed by atoms with Gasteiger partial charge in [-0.1, -0.05) is 30.7 Å². The molecule has 0 spiro atoms. The van der Waals surface area contributed by atoms with E-state index in [4.69, 9.17) is 5.73 Å². The third-order valence-corrected chi connectivity index (χ3v) is 6.32. The molecule has 1 saturated carbocycles. The number of hydrogen-bond acceptors (Lipinski definition) is 6. The molecule has 0 unspecified atom stereocenters. The summed E-state index contributed by atoms with van der Waals surface area (Å²) < 4.78 is 0. The average Bonchev–Trinajstić information content (AvgIpc) is 2.93. The summed E-state index contributed by atoms with van der Waals surface area (Å²) in [6, 6.07) is 8.08. The van der Waals surface area contributed by atoms with Gasteiger partial charge in [-0.2, -0.15) is 0 Å². The smallest absolute Gasteiger partial charge is 0.236 e. The first-order valence-corrected chi connectivity index (χ1v) is 9.73. The van der Waals surface area contributed by atoms with Crippen LogP contribution in [0.25, 0.3) is 11.1 Å². The van der Waals surface area contributed by atoms with Crippen molar-refractivity contribution in [2.45, 2.75) is 38.5 Å². The molecule has 0 aliphatic heterocycles. The molecule has 7 heteroatoms. The molecule has 138 valence electrons. The molecule has 27 heavy (non-hydrogen) atoms. The van der Waals surface area contributed by atoms with Crippen LogP contribution in [0.1, 0.15) is 35.4 Å². The van der Waals surface area contributed by atoms with E-state index in [0.29, 0.717) is 5.13 Å². The first-order chi connectivity index (χ1) is 13.0. The zero-order valence-corrected chi connectivity index (χ0v) is 16.1. The molecule has 0 saturated heterocycles. The van der Waals surface area contributed by atoms with Crippen molar-refractivity contribution in [2.24, 2.45) is 0 Å². The van der Waals surface area contributed by atoms with Gasteiger partial charge in [-0.15, -0.1) is 11.3 Å². The fourth-order valence-electron chi connectivity index (χ4n) is 3.39. The fourth-order valence-corrected chi connectivity index (χ4v) is 4.20. The summed E-state index contributed by atoms with van der Waals surface area (Å²) in [6.45, 7) is 3.97. The van der Waals surface area contributed by atoms with Gasteiger partial charge in [-0.05, 0) is 37.8 Å². The first kappa shape index (κ1) is 17.6. The van der Waals surface area contributed by atoms with Crippen molar-refractivity contribution in [3.05, 3.63) is 52.8 Å². The quantitative estimate of drug-likeness (QED) is 0.718. The summed E-state index contributed by atoms with van der Waals surface area (Å²) in [4.78, 5) is 26.7. The number of aromatic nitrogens is 3. The maximum absolute atomic E-state index is 13.1. The van der Waals surface area contributed by atoms with Gasteiger partial charge in [0, 0.05) is 22.8 Å². The Balaban J connectivity index is 1.57. The van der Waals surface area contributed by atoms with Crippen LogP contribution in [0.2, 0.25) is 0 Å². The lowest BCUT2D eigenvalue weighted by Gasteiger charge is -2.40. The van der Waals surface area contributed by atoms with Crippen LogP contribution in [-0.2, 0) is 10.2 Å². The Hall–Kier alpha value is -2.80. The van der Waals surface area contributed by atoms with Gasteiger partial charge in [0.15, 0.2) is 5.13 Å². The van der Waals surface area contributed by atoms with E-state index >= 15 is 0 Å². The predicted octanol–water partition coefficient (Wildman–Crippen LogP) is 3.86. The van der Waals surface area contributed by atoms with Crippen LogP contribution in [0.5, 0.6) is 0 Å². The molecule has 1 aliphatic rings. The Kier molecular flexibility index (Phi) is 4.39. The largest absolute Gasteiger partial charge is 0.368 e. The minimum atomic E-state index is -0.469. The minimum absolute atomic E-state index is 0.0334. The van der Waals surface area contributed by atoms with E-state index in [1.165, 1.54) is 11.3 Å². The highest BCUT2D eigenvalue weighted by atomic mass is 32.1. The number of benzene rings is 1. The van der Waals surface area contributed by atoms with E-state index in [1.54, 1.807) is 12.4 Å². The third kappa shape index (κ3) is 3.19. The van der Waals surface area contributed by atoms with Crippen molar-refractivity contribution in [2.75, 3.05) is 11.1 Å². The summed E-state index contributed by atoms with van der Waals surface area (Å²) >= 11 is 1.52. The van der Waals surface area contributed by atoms with Crippen molar-refractivity contribution >= 4 is 28.3 Å². The number of nitrogen functional groups attached to an aromatic ring is 1. The Morgan fingerprint density at radius 3 is 2.30 bits per heavy atom. The zero-order chi connectivity index (χ0) is 19.0. The number of thiazole rings is 1. The number of aryl methyl sites for hydroxylation is 2. The highest BCUT2D eigenvalue weighted by Gasteiger charge is 2.45. The van der Waals surface area contributed by atoms with Crippen molar-refractivity contribution in [3.63, 3.8) is 0 Å². The lowest BCUT2D eigenvalue weighted by Crippen LogP contribution is -2.46. The summed E-state index contributed by atoms with van der Waals surface area (Å²) in [5.74, 6) is 0.291. The van der Waals surface area contributed by atoms with E-state index in [1.807, 2.05) is 38.1 Å². The summed E-state index contributed by atoms with van der Waals surface area (Å²) in [5.41, 5.74) is 8.98. The summed E-state index contributed by atoms with van der Waals surface area (Å²) in [5, 5.41) is 3.71. The van der Waals surface area contributed by atoms with Crippen LogP contribution >= 0.6 is 11.3 Å². The molecular weight excluding hydrogens is 358 g/mol. The Bertz CT molecular complexity index is 955. The second-order valence-corrected chi connectivity index (χ2v) is 8.16. The van der Waals surface area contributed by atoms with Crippen molar-refractivity contribution in [3.8, 4) is 11.1 Å². The average molecular weight is 379 g/mol. The number of hydrogen-bond donors (Lipinski definition) is 2. The van der Waals surface area contributed by atoms with Gasteiger partial charge in [0.25, 0.3) is 0 Å². The standard InChI is InChI=1S/C20H21N5OS/c1-12-13(2)27-19(24-12)25-17(26)20(8-3-9-20)16-6-4-14(5-7-16)15-10-22-18(21)23-11-15/h4-7,10-11H,3,8-9H2,1-2H3,(H2,21,22,23)(H,24,25,26). The Morgan fingerprint density at radius 1 is 1.11 bits per heavy atom. The van der Waals surface area contributed by atoms with Gasteiger partial charge in [0.05, 0.1) is 11.1 Å². The van der Waals surface area contributed by atoms with Gasteiger partial charge >= 0.3 is 0 Å². The minimum Gasteiger partial charge on any atom is -0.368 e. The number of nitrogens with one attached hydrogen (secondary N) is 1. The molecule has 1 aromatic carbocycles. The molecule has 1 fully saturated rings. The molecule has 6 nitrogen and oxygen atoms in total. The molecule has 2 aromatic heterocycles. The highest BCUT2D eigenvalue weighted by molar-refractivity contribution is 7.15. The first-order valence-electron chi connectivity index (χ1n) is 8.92. The van der Waals surface area contributed by atoms with Crippen LogP contribution in [0.4, 0.5) is 11.1 Å². The number of nitrogens with two attached hydrogens (primary N) is 1. The molecule has 3 aromatic rings. The monoisotopic (exact) mass is 379 g/mol. The van der Waals surface area contributed by atoms with Crippen LogP contribution in [0.3, 0.4) is 0 Å². The van der Waals surface area contributed by atoms with E-state index < -0.39 is 5.41 Å². The topological polar surface area (TPSA) is 93.8 Å². The lowest BCUT2D eigenvalue weighted by molar-refractivity contribution is -0.124. The van der Waals surface area contributed by atoms with Gasteiger partial charge in [-0.3, -0.25) is 4.79 Å². The van der Waals surface area contributed by atoms with Crippen LogP contribution < -0.4 is 11.1 Å². The molecule has 0 radical (unpaired) electrons. The SMILES string of the molecule is Cc1nc(NC(=O)C2(c3ccc(-c4cnc(N)nc4)cc3)CCC2)sc1C. The maximum atomic E-state index is 13.1. The van der Waals surface area contributed by atoms with Gasteiger partial charge < -0.3 is 11.1 Å². The van der Waals surface area contributed by atoms with Gasteiger partial charge in [0.1, 0.15) is 0 Å². The fraction of sp³-hybridized carbons (Fsp3) is 0.300. The molecule has 3 N–H and O–H groups in total. The second kappa shape index (κ2) is 6.74. The van der Waals surface area contributed by atoms with E-state index in [-0.39, 0.29) is 11.9 Å². The molecule has 2 heterocycles. The summed E-state index contributed by atoms with van der Waals surface area (Å²) in [6.07, 6.45) is 6.17. The molecule has 0 bridgehead atoms. The Labute approximate surface area is 161 Å². The maximum Gasteiger partial charge on any atom is 0.236 e. The second-order valence-electron chi connectivity index (χ2n) is 6.96. The van der Waals surface area contributed by atoms with E-state index in [0.717, 1.165) is 46.5 Å². The van der Waals surface area contributed by atoms with E-state index in [2.05, 4.69) is 20.3 Å². The summed E-state index contributed by atoms with van der Waals surface area (Å²) in [7, 11) is 0. The predicted molar refractivity (Wildman–Crippen MR) is 108 cm³/mol. The van der Waals surface area contributed by atoms with Crippen LogP contribution in [0, 0.1) is 13.8 Å². The number of amides is 1. The van der Waals surface area contributed by atoms with Crippen molar-refractivity contribution in [1.29, 1.82) is 0 Å². The molecular formula is C20H21N5OS. The molecule has 1 aliphatic carbocycles. The van der Waals surface area contributed by atoms with Crippen LogP contribution in [0.15, 0.2) is 36.7 Å².